The fourth-order valence-corrected chi connectivity index (χ4v) is 4.18. The van der Waals surface area contributed by atoms with E-state index in [0.717, 1.165) is 5.56 Å². The number of ketones is 1. The molecule has 0 aliphatic heterocycles. The molecule has 2 N–H and O–H groups in total. The Morgan fingerprint density at radius 3 is 2.22 bits per heavy atom. The Labute approximate surface area is 191 Å². The van der Waals surface area contributed by atoms with Crippen LogP contribution in [0.25, 0.3) is 0 Å². The molecule has 0 saturated carbocycles. The molecule has 1 aromatic heterocycles. The number of hydrogen-bond acceptors (Lipinski definition) is 5. The molecular weight excluding hydrogens is 452 g/mol. The lowest BCUT2D eigenvalue weighted by Crippen LogP contribution is -2.18. The SMILES string of the molecule is CC(C)(C)c1ccc(S(=O)(=O)Nc2cc(Cl)cnc2C(=O)c2cccc(C(=O)O)c2)cc1. The molecule has 0 unspecified atom stereocenters. The number of benzene rings is 2. The van der Waals surface area contributed by atoms with Crippen molar-refractivity contribution in [3.05, 3.63) is 88.2 Å². The molecule has 0 bridgehead atoms. The van der Waals surface area contributed by atoms with Crippen LogP contribution in [0.3, 0.4) is 0 Å². The zero-order chi connectivity index (χ0) is 23.7. The summed E-state index contributed by atoms with van der Waals surface area (Å²) in [6, 6.07) is 13.1. The van der Waals surface area contributed by atoms with Crippen LogP contribution in [0.5, 0.6) is 0 Å². The Balaban J connectivity index is 1.99. The van der Waals surface area contributed by atoms with Gasteiger partial charge < -0.3 is 5.11 Å². The number of carboxylic acid groups (broad SMARTS) is 1. The van der Waals surface area contributed by atoms with Gasteiger partial charge in [0, 0.05) is 11.8 Å². The largest absolute Gasteiger partial charge is 0.478 e. The van der Waals surface area contributed by atoms with Crippen molar-refractivity contribution in [3.63, 3.8) is 0 Å². The van der Waals surface area contributed by atoms with Crippen LogP contribution in [0.2, 0.25) is 5.02 Å². The van der Waals surface area contributed by atoms with Gasteiger partial charge in [-0.2, -0.15) is 0 Å². The molecule has 0 saturated heterocycles. The number of aromatic nitrogens is 1. The van der Waals surface area contributed by atoms with E-state index in [1.165, 1.54) is 48.7 Å². The summed E-state index contributed by atoms with van der Waals surface area (Å²) in [5.74, 6) is -1.84. The van der Waals surface area contributed by atoms with E-state index in [-0.39, 0.29) is 37.8 Å². The maximum absolute atomic E-state index is 13.0. The number of carboxylic acids is 1. The third-order valence-electron chi connectivity index (χ3n) is 4.72. The minimum absolute atomic E-state index is 0.0109. The van der Waals surface area contributed by atoms with Gasteiger partial charge in [0.15, 0.2) is 0 Å². The first kappa shape index (κ1) is 23.4. The predicted octanol–water partition coefficient (Wildman–Crippen LogP) is 4.76. The zero-order valence-corrected chi connectivity index (χ0v) is 19.2. The van der Waals surface area contributed by atoms with Crippen LogP contribution in [0.4, 0.5) is 5.69 Å². The molecule has 0 fully saturated rings. The highest BCUT2D eigenvalue weighted by atomic mass is 35.5. The second-order valence-electron chi connectivity index (χ2n) is 8.14. The molecule has 0 aliphatic carbocycles. The Morgan fingerprint density at radius 2 is 1.62 bits per heavy atom. The van der Waals surface area contributed by atoms with Crippen molar-refractivity contribution in [3.8, 4) is 0 Å². The van der Waals surface area contributed by atoms with E-state index in [1.54, 1.807) is 12.1 Å². The number of nitrogens with one attached hydrogen (secondary N) is 1. The topological polar surface area (TPSA) is 113 Å². The highest BCUT2D eigenvalue weighted by Gasteiger charge is 2.23. The smallest absolute Gasteiger partial charge is 0.335 e. The number of halogens is 1. The minimum atomic E-state index is -4.05. The highest BCUT2D eigenvalue weighted by molar-refractivity contribution is 7.92. The number of aromatic carboxylic acids is 1. The number of carbonyl (C=O) groups excluding carboxylic acids is 1. The summed E-state index contributed by atoms with van der Waals surface area (Å²) in [6.07, 6.45) is 1.21. The summed E-state index contributed by atoms with van der Waals surface area (Å²) in [6.45, 7) is 6.05. The van der Waals surface area contributed by atoms with E-state index < -0.39 is 21.8 Å². The monoisotopic (exact) mass is 472 g/mol. The molecule has 0 radical (unpaired) electrons. The second kappa shape index (κ2) is 8.72. The van der Waals surface area contributed by atoms with Crippen molar-refractivity contribution < 1.29 is 23.1 Å². The van der Waals surface area contributed by atoms with Crippen LogP contribution in [0.15, 0.2) is 65.7 Å². The summed E-state index contributed by atoms with van der Waals surface area (Å²) in [5, 5.41) is 9.29. The summed E-state index contributed by atoms with van der Waals surface area (Å²) in [5.41, 5.74) is 0.488. The lowest BCUT2D eigenvalue weighted by molar-refractivity contribution is 0.0697. The lowest BCUT2D eigenvalue weighted by Gasteiger charge is -2.19. The number of anilines is 1. The molecule has 9 heteroatoms. The normalized spacial score (nSPS) is 11.8. The van der Waals surface area contributed by atoms with Gasteiger partial charge in [-0.15, -0.1) is 0 Å². The quantitative estimate of drug-likeness (QED) is 0.500. The Kier molecular flexibility index (Phi) is 6.39. The third-order valence-corrected chi connectivity index (χ3v) is 6.30. The van der Waals surface area contributed by atoms with E-state index in [4.69, 9.17) is 16.7 Å². The van der Waals surface area contributed by atoms with Gasteiger partial charge >= 0.3 is 5.97 Å². The predicted molar refractivity (Wildman–Crippen MR) is 122 cm³/mol. The molecule has 0 aliphatic rings. The van der Waals surface area contributed by atoms with E-state index in [0.29, 0.717) is 0 Å². The van der Waals surface area contributed by atoms with Crippen molar-refractivity contribution in [2.45, 2.75) is 31.1 Å². The van der Waals surface area contributed by atoms with E-state index in [9.17, 15) is 18.0 Å². The molecule has 0 atom stereocenters. The number of nitrogens with zero attached hydrogens (tertiary/aromatic N) is 1. The fourth-order valence-electron chi connectivity index (χ4n) is 2.97. The molecule has 7 nitrogen and oxygen atoms in total. The van der Waals surface area contributed by atoms with Gasteiger partial charge in [0.2, 0.25) is 5.78 Å². The van der Waals surface area contributed by atoms with Crippen molar-refractivity contribution in [1.29, 1.82) is 0 Å². The first-order chi connectivity index (χ1) is 14.9. The number of pyridine rings is 1. The van der Waals surface area contributed by atoms with Crippen molar-refractivity contribution >= 4 is 39.1 Å². The van der Waals surface area contributed by atoms with Crippen LogP contribution in [0, 0.1) is 0 Å². The summed E-state index contributed by atoms with van der Waals surface area (Å²) in [7, 11) is -4.05. The molecular formula is C23H21ClN2O5S. The van der Waals surface area contributed by atoms with Gasteiger partial charge in [-0.05, 0) is 41.3 Å². The van der Waals surface area contributed by atoms with Crippen LogP contribution < -0.4 is 4.72 Å². The molecule has 32 heavy (non-hydrogen) atoms. The van der Waals surface area contributed by atoms with E-state index in [2.05, 4.69) is 9.71 Å². The van der Waals surface area contributed by atoms with Gasteiger partial charge in [0.25, 0.3) is 10.0 Å². The van der Waals surface area contributed by atoms with Crippen LogP contribution in [-0.2, 0) is 15.4 Å². The summed E-state index contributed by atoms with van der Waals surface area (Å²) < 4.78 is 28.3. The van der Waals surface area contributed by atoms with Gasteiger partial charge in [-0.3, -0.25) is 9.52 Å². The molecule has 1 heterocycles. The first-order valence-electron chi connectivity index (χ1n) is 9.55. The Hall–Kier alpha value is -3.23. The minimum Gasteiger partial charge on any atom is -0.478 e. The van der Waals surface area contributed by atoms with Gasteiger partial charge in [-0.1, -0.05) is 56.6 Å². The van der Waals surface area contributed by atoms with Gasteiger partial charge in [0.05, 0.1) is 21.2 Å². The summed E-state index contributed by atoms with van der Waals surface area (Å²) in [4.78, 5) is 28.2. The molecule has 2 aromatic carbocycles. The fraction of sp³-hybridized carbons (Fsp3) is 0.174. The van der Waals surface area contributed by atoms with Crippen molar-refractivity contribution in [2.24, 2.45) is 0 Å². The standard InChI is InChI=1S/C23H21ClN2O5S/c1-23(2,3)16-7-9-18(10-8-16)32(30,31)26-19-12-17(24)13-25-20(19)21(27)14-5-4-6-15(11-14)22(28)29/h4-13,26H,1-3H3,(H,28,29). The van der Waals surface area contributed by atoms with Crippen LogP contribution in [-0.4, -0.2) is 30.3 Å². The average molecular weight is 473 g/mol. The number of hydrogen-bond donors (Lipinski definition) is 2. The number of sulfonamides is 1. The molecule has 0 amide bonds. The average Bonchev–Trinajstić information content (AvgIpc) is 2.72. The molecule has 3 aromatic rings. The third kappa shape index (κ3) is 5.15. The van der Waals surface area contributed by atoms with Gasteiger partial charge in [0.1, 0.15) is 5.69 Å². The van der Waals surface area contributed by atoms with Crippen molar-refractivity contribution in [1.82, 2.24) is 4.98 Å². The van der Waals surface area contributed by atoms with E-state index in [1.807, 2.05) is 20.8 Å². The first-order valence-corrected chi connectivity index (χ1v) is 11.4. The summed E-state index contributed by atoms with van der Waals surface area (Å²) >= 11 is 5.99. The Bertz CT molecular complexity index is 1300. The number of rotatable bonds is 6. The van der Waals surface area contributed by atoms with Gasteiger partial charge in [-0.25, -0.2) is 18.2 Å². The van der Waals surface area contributed by atoms with E-state index >= 15 is 0 Å². The second-order valence-corrected chi connectivity index (χ2v) is 10.3. The molecule has 3 rings (SSSR count). The maximum atomic E-state index is 13.0. The zero-order valence-electron chi connectivity index (χ0n) is 17.6. The molecule has 0 spiro atoms. The van der Waals surface area contributed by atoms with Crippen LogP contribution >= 0.6 is 11.6 Å². The lowest BCUT2D eigenvalue weighted by atomic mass is 9.87. The van der Waals surface area contributed by atoms with Crippen LogP contribution in [0.1, 0.15) is 52.7 Å². The Morgan fingerprint density at radius 1 is 1.00 bits per heavy atom. The maximum Gasteiger partial charge on any atom is 0.335 e. The highest BCUT2D eigenvalue weighted by Crippen LogP contribution is 2.27. The number of carbonyl (C=O) groups is 2. The van der Waals surface area contributed by atoms with Crippen molar-refractivity contribution in [2.75, 3.05) is 4.72 Å². The molecule has 166 valence electrons.